The summed E-state index contributed by atoms with van der Waals surface area (Å²) in [5.74, 6) is 0.254. The van der Waals surface area contributed by atoms with E-state index >= 15 is 0 Å². The van der Waals surface area contributed by atoms with Gasteiger partial charge >= 0.3 is 0 Å². The van der Waals surface area contributed by atoms with Gasteiger partial charge in [-0.25, -0.2) is 0 Å². The summed E-state index contributed by atoms with van der Waals surface area (Å²) in [4.78, 5) is 26.3. The molecule has 1 aliphatic heterocycles. The van der Waals surface area contributed by atoms with Crippen LogP contribution in [0.1, 0.15) is 31.2 Å². The number of piperidine rings is 1. The van der Waals surface area contributed by atoms with Crippen molar-refractivity contribution in [2.75, 3.05) is 11.5 Å². The number of rotatable bonds is 4. The van der Waals surface area contributed by atoms with Gasteiger partial charge in [0.05, 0.1) is 12.3 Å². The van der Waals surface area contributed by atoms with Crippen LogP contribution in [0.5, 0.6) is 5.75 Å². The van der Waals surface area contributed by atoms with Crippen molar-refractivity contribution in [2.45, 2.75) is 25.7 Å². The molecule has 0 bridgehead atoms. The van der Waals surface area contributed by atoms with Gasteiger partial charge in [0.15, 0.2) is 0 Å². The van der Waals surface area contributed by atoms with E-state index in [0.717, 1.165) is 11.3 Å². The minimum absolute atomic E-state index is 0.0961. The maximum absolute atomic E-state index is 12.5. The van der Waals surface area contributed by atoms with Crippen molar-refractivity contribution >= 4 is 29.1 Å². The lowest BCUT2D eigenvalue weighted by Crippen LogP contribution is -2.42. The molecule has 1 aliphatic rings. The third kappa shape index (κ3) is 3.44. The van der Waals surface area contributed by atoms with E-state index in [1.807, 2.05) is 19.1 Å². The molecule has 0 radical (unpaired) electrons. The summed E-state index contributed by atoms with van der Waals surface area (Å²) in [5, 5.41) is 0.642. The number of amides is 2. The second-order valence-electron chi connectivity index (χ2n) is 5.71. The summed E-state index contributed by atoms with van der Waals surface area (Å²) in [7, 11) is 0. The maximum atomic E-state index is 12.5. The van der Waals surface area contributed by atoms with Crippen LogP contribution in [0.2, 0.25) is 5.02 Å². The van der Waals surface area contributed by atoms with Crippen LogP contribution in [0.25, 0.3) is 0 Å². The number of carbonyl (C=O) groups is 2. The summed E-state index contributed by atoms with van der Waals surface area (Å²) in [6.07, 6.45) is 0.612. The van der Waals surface area contributed by atoms with Gasteiger partial charge in [-0.05, 0) is 48.9 Å². The zero-order valence-electron chi connectivity index (χ0n) is 13.4. The fourth-order valence-electron chi connectivity index (χ4n) is 2.93. The molecule has 1 heterocycles. The lowest BCUT2D eigenvalue weighted by atomic mass is 9.88. The number of ether oxygens (including phenoxy) is 1. The topological polar surface area (TPSA) is 46.6 Å². The first-order valence-corrected chi connectivity index (χ1v) is 8.30. The third-order valence-electron chi connectivity index (χ3n) is 4.09. The third-order valence-corrected chi connectivity index (χ3v) is 4.34. The Labute approximate surface area is 146 Å². The summed E-state index contributed by atoms with van der Waals surface area (Å²) < 4.78 is 5.39. The molecule has 0 aromatic heterocycles. The van der Waals surface area contributed by atoms with Crippen molar-refractivity contribution in [1.82, 2.24) is 0 Å². The normalized spacial score (nSPS) is 15.7. The van der Waals surface area contributed by atoms with Gasteiger partial charge in [-0.3, -0.25) is 14.5 Å². The van der Waals surface area contributed by atoms with Gasteiger partial charge in [-0.1, -0.05) is 23.7 Å². The highest BCUT2D eigenvalue weighted by atomic mass is 35.5. The molecular formula is C19H18ClNO3. The smallest absolute Gasteiger partial charge is 0.234 e. The molecule has 0 aliphatic carbocycles. The first kappa shape index (κ1) is 16.5. The van der Waals surface area contributed by atoms with Gasteiger partial charge in [-0.2, -0.15) is 0 Å². The van der Waals surface area contributed by atoms with Crippen LogP contribution >= 0.6 is 11.6 Å². The van der Waals surface area contributed by atoms with E-state index in [2.05, 4.69) is 0 Å². The number of benzene rings is 2. The van der Waals surface area contributed by atoms with Gasteiger partial charge in [-0.15, -0.1) is 0 Å². The van der Waals surface area contributed by atoms with Crippen molar-refractivity contribution in [2.24, 2.45) is 0 Å². The maximum Gasteiger partial charge on any atom is 0.234 e. The first-order valence-electron chi connectivity index (χ1n) is 7.92. The first-order chi connectivity index (χ1) is 11.6. The number of nitrogens with zero attached hydrogens (tertiary/aromatic N) is 1. The van der Waals surface area contributed by atoms with Crippen LogP contribution in [0.15, 0.2) is 48.5 Å². The Bertz CT molecular complexity index is 722. The molecule has 0 N–H and O–H groups in total. The molecule has 5 heteroatoms. The average molecular weight is 344 g/mol. The van der Waals surface area contributed by atoms with Crippen LogP contribution in [0, 0.1) is 0 Å². The summed E-state index contributed by atoms with van der Waals surface area (Å²) in [6, 6.07) is 14.3. The van der Waals surface area contributed by atoms with Gasteiger partial charge < -0.3 is 4.74 Å². The minimum atomic E-state index is -0.185. The number of imide groups is 1. The van der Waals surface area contributed by atoms with Crippen LogP contribution in [-0.2, 0) is 9.59 Å². The van der Waals surface area contributed by atoms with E-state index in [1.54, 1.807) is 36.4 Å². The Morgan fingerprint density at radius 2 is 1.58 bits per heavy atom. The average Bonchev–Trinajstić information content (AvgIpc) is 2.56. The molecule has 1 fully saturated rings. The van der Waals surface area contributed by atoms with Crippen molar-refractivity contribution in [1.29, 1.82) is 0 Å². The Hall–Kier alpha value is -2.33. The Morgan fingerprint density at radius 3 is 2.12 bits per heavy atom. The highest BCUT2D eigenvalue weighted by Gasteiger charge is 2.34. The van der Waals surface area contributed by atoms with Crippen molar-refractivity contribution in [3.8, 4) is 5.75 Å². The predicted molar refractivity (Wildman–Crippen MR) is 93.5 cm³/mol. The summed E-state index contributed by atoms with van der Waals surface area (Å²) >= 11 is 5.89. The molecular weight excluding hydrogens is 326 g/mol. The van der Waals surface area contributed by atoms with Crippen LogP contribution in [0.3, 0.4) is 0 Å². The summed E-state index contributed by atoms with van der Waals surface area (Å²) in [5.41, 5.74) is 1.55. The zero-order chi connectivity index (χ0) is 17.1. The highest BCUT2D eigenvalue weighted by molar-refractivity contribution is 6.30. The van der Waals surface area contributed by atoms with E-state index < -0.39 is 0 Å². The van der Waals surface area contributed by atoms with Gasteiger partial charge in [0.1, 0.15) is 5.75 Å². The SMILES string of the molecule is CCOc1ccc(N2C(=O)CC(c3ccc(Cl)cc3)CC2=O)cc1. The Balaban J connectivity index is 1.77. The molecule has 0 spiro atoms. The Kier molecular flexibility index (Phi) is 4.86. The van der Waals surface area contributed by atoms with Crippen molar-refractivity contribution in [3.05, 3.63) is 59.1 Å². The van der Waals surface area contributed by atoms with Crippen LogP contribution in [0.4, 0.5) is 5.69 Å². The lowest BCUT2D eigenvalue weighted by Gasteiger charge is -2.30. The quantitative estimate of drug-likeness (QED) is 0.782. The standard InChI is InChI=1S/C19H18ClNO3/c1-2-24-17-9-7-16(8-10-17)21-18(22)11-14(12-19(21)23)13-3-5-15(20)6-4-13/h3-10,14H,2,11-12H2,1H3. The largest absolute Gasteiger partial charge is 0.494 e. The Morgan fingerprint density at radius 1 is 1.00 bits per heavy atom. The number of halogens is 1. The zero-order valence-corrected chi connectivity index (χ0v) is 14.1. The van der Waals surface area contributed by atoms with Crippen molar-refractivity contribution < 1.29 is 14.3 Å². The molecule has 24 heavy (non-hydrogen) atoms. The van der Waals surface area contributed by atoms with E-state index in [4.69, 9.17) is 16.3 Å². The second kappa shape index (κ2) is 7.05. The fraction of sp³-hybridized carbons (Fsp3) is 0.263. The number of carbonyl (C=O) groups excluding carboxylic acids is 2. The monoisotopic (exact) mass is 343 g/mol. The highest BCUT2D eigenvalue weighted by Crippen LogP contribution is 2.33. The van der Waals surface area contributed by atoms with E-state index in [0.29, 0.717) is 30.2 Å². The minimum Gasteiger partial charge on any atom is -0.494 e. The molecule has 0 unspecified atom stereocenters. The molecule has 0 saturated carbocycles. The van der Waals surface area contributed by atoms with Crippen LogP contribution < -0.4 is 9.64 Å². The molecule has 2 amide bonds. The van der Waals surface area contributed by atoms with Gasteiger partial charge in [0, 0.05) is 23.8 Å². The number of anilines is 1. The molecule has 2 aromatic rings. The number of hydrogen-bond donors (Lipinski definition) is 0. The van der Waals surface area contributed by atoms with Crippen LogP contribution in [-0.4, -0.2) is 18.4 Å². The summed E-state index contributed by atoms with van der Waals surface area (Å²) in [6.45, 7) is 2.48. The molecule has 3 rings (SSSR count). The molecule has 1 saturated heterocycles. The molecule has 124 valence electrons. The molecule has 0 atom stereocenters. The fourth-order valence-corrected chi connectivity index (χ4v) is 3.06. The molecule has 4 nitrogen and oxygen atoms in total. The predicted octanol–water partition coefficient (Wildman–Crippen LogP) is 4.18. The van der Waals surface area contributed by atoms with E-state index in [9.17, 15) is 9.59 Å². The number of hydrogen-bond acceptors (Lipinski definition) is 3. The molecule has 2 aromatic carbocycles. The van der Waals surface area contributed by atoms with Gasteiger partial charge in [0.2, 0.25) is 11.8 Å². The van der Waals surface area contributed by atoms with Crippen molar-refractivity contribution in [3.63, 3.8) is 0 Å². The second-order valence-corrected chi connectivity index (χ2v) is 6.14. The van der Waals surface area contributed by atoms with E-state index in [1.165, 1.54) is 4.90 Å². The van der Waals surface area contributed by atoms with E-state index in [-0.39, 0.29) is 17.7 Å². The lowest BCUT2D eigenvalue weighted by molar-refractivity contribution is -0.129. The van der Waals surface area contributed by atoms with Gasteiger partial charge in [0.25, 0.3) is 0 Å².